The molecule has 2 N–H and O–H groups in total. The smallest absolute Gasteiger partial charge is 0.308 e. The average Bonchev–Trinajstić information content (AvgIpc) is 2.96. The topological polar surface area (TPSA) is 69.6 Å². The molecule has 5 nitrogen and oxygen atoms in total. The maximum absolute atomic E-state index is 11.9. The monoisotopic (exact) mass is 240 g/mol. The number of carboxylic acid groups (broad SMARTS) is 1. The Hall–Kier alpha value is -1.10. The van der Waals surface area contributed by atoms with Gasteiger partial charge in [0.25, 0.3) is 0 Å². The Morgan fingerprint density at radius 1 is 1.35 bits per heavy atom. The number of nitrogens with zero attached hydrogens (tertiary/aromatic N) is 1. The van der Waals surface area contributed by atoms with Crippen molar-refractivity contribution in [2.45, 2.75) is 25.7 Å². The molecule has 0 spiro atoms. The van der Waals surface area contributed by atoms with E-state index in [0.717, 1.165) is 25.9 Å². The molecule has 0 aromatic heterocycles. The van der Waals surface area contributed by atoms with E-state index >= 15 is 0 Å². The van der Waals surface area contributed by atoms with Crippen LogP contribution in [0.25, 0.3) is 0 Å². The third-order valence-corrected chi connectivity index (χ3v) is 3.82. The predicted molar refractivity (Wildman–Crippen MR) is 62.5 cm³/mol. The third-order valence-electron chi connectivity index (χ3n) is 3.82. The summed E-state index contributed by atoms with van der Waals surface area (Å²) in [5, 5.41) is 12.2. The van der Waals surface area contributed by atoms with Gasteiger partial charge in [0.1, 0.15) is 0 Å². The van der Waals surface area contributed by atoms with Crippen LogP contribution in [0.5, 0.6) is 0 Å². The minimum absolute atomic E-state index is 0.126. The highest BCUT2D eigenvalue weighted by atomic mass is 16.4. The maximum atomic E-state index is 11.9. The van der Waals surface area contributed by atoms with Gasteiger partial charge in [-0.05, 0) is 38.3 Å². The zero-order valence-corrected chi connectivity index (χ0v) is 10.0. The molecule has 2 fully saturated rings. The first-order valence-corrected chi connectivity index (χ1v) is 6.38. The molecule has 2 unspecified atom stereocenters. The number of hydrogen-bond donors (Lipinski definition) is 2. The van der Waals surface area contributed by atoms with Crippen LogP contribution in [0.3, 0.4) is 0 Å². The van der Waals surface area contributed by atoms with Gasteiger partial charge in [-0.1, -0.05) is 0 Å². The molecule has 0 aromatic rings. The van der Waals surface area contributed by atoms with E-state index < -0.39 is 5.97 Å². The molecule has 0 radical (unpaired) electrons. The second-order valence-corrected chi connectivity index (χ2v) is 5.06. The Balaban J connectivity index is 1.71. The highest BCUT2D eigenvalue weighted by Crippen LogP contribution is 2.20. The Kier molecular flexibility index (Phi) is 3.99. The van der Waals surface area contributed by atoms with Crippen LogP contribution in [-0.2, 0) is 9.59 Å². The number of nitrogens with one attached hydrogen (secondary N) is 1. The number of carbonyl (C=O) groups is 2. The molecule has 2 atom stereocenters. The van der Waals surface area contributed by atoms with Gasteiger partial charge in [0.15, 0.2) is 0 Å². The zero-order chi connectivity index (χ0) is 12.3. The van der Waals surface area contributed by atoms with Gasteiger partial charge in [-0.25, -0.2) is 0 Å². The molecule has 2 aliphatic rings. The summed E-state index contributed by atoms with van der Waals surface area (Å²) in [6.07, 6.45) is 3.26. The Morgan fingerprint density at radius 3 is 2.76 bits per heavy atom. The molecule has 17 heavy (non-hydrogen) atoms. The highest BCUT2D eigenvalue weighted by molar-refractivity contribution is 5.78. The Bertz CT molecular complexity index is 300. The number of likely N-dealkylation sites (tertiary alicyclic amines) is 1. The van der Waals surface area contributed by atoms with Gasteiger partial charge in [-0.15, -0.1) is 0 Å². The van der Waals surface area contributed by atoms with Crippen molar-refractivity contribution < 1.29 is 14.7 Å². The van der Waals surface area contributed by atoms with Crippen molar-refractivity contribution in [3.8, 4) is 0 Å². The van der Waals surface area contributed by atoms with Crippen molar-refractivity contribution in [2.75, 3.05) is 26.2 Å². The fourth-order valence-corrected chi connectivity index (χ4v) is 2.63. The Morgan fingerprint density at radius 2 is 2.18 bits per heavy atom. The molecule has 0 bridgehead atoms. The van der Waals surface area contributed by atoms with Crippen LogP contribution in [-0.4, -0.2) is 48.1 Å². The highest BCUT2D eigenvalue weighted by Gasteiger charge is 2.30. The normalized spacial score (nSPS) is 28.6. The first kappa shape index (κ1) is 12.4. The van der Waals surface area contributed by atoms with Crippen LogP contribution in [0, 0.1) is 11.8 Å². The zero-order valence-electron chi connectivity index (χ0n) is 10.0. The molecule has 0 aromatic carbocycles. The van der Waals surface area contributed by atoms with Crippen LogP contribution in [0.4, 0.5) is 0 Å². The second-order valence-electron chi connectivity index (χ2n) is 5.06. The van der Waals surface area contributed by atoms with E-state index in [1.807, 2.05) is 0 Å². The summed E-state index contributed by atoms with van der Waals surface area (Å²) in [5.41, 5.74) is 0. The molecular formula is C12H20N2O3. The van der Waals surface area contributed by atoms with Gasteiger partial charge < -0.3 is 15.3 Å². The fraction of sp³-hybridized carbons (Fsp3) is 0.833. The van der Waals surface area contributed by atoms with Gasteiger partial charge >= 0.3 is 5.97 Å². The van der Waals surface area contributed by atoms with Crippen LogP contribution < -0.4 is 5.32 Å². The van der Waals surface area contributed by atoms with Crippen LogP contribution in [0.2, 0.25) is 0 Å². The summed E-state index contributed by atoms with van der Waals surface area (Å²) < 4.78 is 0. The standard InChI is InChI=1S/C12H20N2O3/c15-11(2-1-9-3-5-13-7-9)14-6-4-10(8-14)12(16)17/h9-10,13H,1-8H2,(H,16,17). The first-order chi connectivity index (χ1) is 8.16. The predicted octanol–water partition coefficient (Wildman–Crippen LogP) is 0.309. The Labute approximate surface area is 101 Å². The van der Waals surface area contributed by atoms with Crippen LogP contribution >= 0.6 is 0 Å². The lowest BCUT2D eigenvalue weighted by molar-refractivity contribution is -0.141. The molecule has 0 saturated carbocycles. The number of rotatable bonds is 4. The van der Waals surface area contributed by atoms with Crippen LogP contribution in [0.1, 0.15) is 25.7 Å². The number of carbonyl (C=O) groups excluding carboxylic acids is 1. The third kappa shape index (κ3) is 3.19. The molecule has 5 heteroatoms. The minimum Gasteiger partial charge on any atom is -0.481 e. The first-order valence-electron chi connectivity index (χ1n) is 6.38. The van der Waals surface area contributed by atoms with Gasteiger partial charge in [-0.2, -0.15) is 0 Å². The van der Waals surface area contributed by atoms with E-state index in [2.05, 4.69) is 5.32 Å². The van der Waals surface area contributed by atoms with E-state index in [0.29, 0.717) is 31.8 Å². The molecule has 2 aliphatic heterocycles. The summed E-state index contributed by atoms with van der Waals surface area (Å²) in [7, 11) is 0. The molecule has 1 amide bonds. The van der Waals surface area contributed by atoms with E-state index in [1.165, 1.54) is 0 Å². The van der Waals surface area contributed by atoms with E-state index in [4.69, 9.17) is 5.11 Å². The fourth-order valence-electron chi connectivity index (χ4n) is 2.63. The maximum Gasteiger partial charge on any atom is 0.308 e. The van der Waals surface area contributed by atoms with Crippen molar-refractivity contribution in [1.82, 2.24) is 10.2 Å². The van der Waals surface area contributed by atoms with Crippen molar-refractivity contribution in [1.29, 1.82) is 0 Å². The van der Waals surface area contributed by atoms with Gasteiger partial charge in [0.2, 0.25) is 5.91 Å². The summed E-state index contributed by atoms with van der Waals surface area (Å²) in [4.78, 5) is 24.4. The van der Waals surface area contributed by atoms with Crippen molar-refractivity contribution in [2.24, 2.45) is 11.8 Å². The quantitative estimate of drug-likeness (QED) is 0.742. The molecule has 0 aliphatic carbocycles. The molecule has 2 saturated heterocycles. The van der Waals surface area contributed by atoms with Crippen molar-refractivity contribution in [3.05, 3.63) is 0 Å². The van der Waals surface area contributed by atoms with Gasteiger partial charge in [0.05, 0.1) is 5.92 Å². The van der Waals surface area contributed by atoms with Gasteiger partial charge in [0, 0.05) is 19.5 Å². The largest absolute Gasteiger partial charge is 0.481 e. The lowest BCUT2D eigenvalue weighted by Gasteiger charge is -2.16. The molecule has 2 rings (SSSR count). The summed E-state index contributed by atoms with van der Waals surface area (Å²) >= 11 is 0. The van der Waals surface area contributed by atoms with Crippen molar-refractivity contribution >= 4 is 11.9 Å². The van der Waals surface area contributed by atoms with E-state index in [-0.39, 0.29) is 11.8 Å². The number of carboxylic acids is 1. The van der Waals surface area contributed by atoms with Crippen LogP contribution in [0.15, 0.2) is 0 Å². The molecular weight excluding hydrogens is 220 g/mol. The summed E-state index contributed by atoms with van der Waals surface area (Å²) in [6, 6.07) is 0. The van der Waals surface area contributed by atoms with E-state index in [9.17, 15) is 9.59 Å². The van der Waals surface area contributed by atoms with Crippen molar-refractivity contribution in [3.63, 3.8) is 0 Å². The second kappa shape index (κ2) is 5.49. The average molecular weight is 240 g/mol. The number of aliphatic carboxylic acids is 1. The lowest BCUT2D eigenvalue weighted by atomic mass is 10.0. The SMILES string of the molecule is O=C(O)C1CCN(C(=O)CCC2CCNC2)C1. The van der Waals surface area contributed by atoms with Gasteiger partial charge in [-0.3, -0.25) is 9.59 Å². The number of hydrogen-bond acceptors (Lipinski definition) is 3. The summed E-state index contributed by atoms with van der Waals surface area (Å²) in [6.45, 7) is 3.09. The molecule has 96 valence electrons. The number of amides is 1. The lowest BCUT2D eigenvalue weighted by Crippen LogP contribution is -2.30. The minimum atomic E-state index is -0.778. The van der Waals surface area contributed by atoms with E-state index in [1.54, 1.807) is 4.90 Å². The molecule has 2 heterocycles. The summed E-state index contributed by atoms with van der Waals surface area (Å²) in [5.74, 6) is -0.384.